The van der Waals surface area contributed by atoms with Gasteiger partial charge in [-0.15, -0.1) is 0 Å². The van der Waals surface area contributed by atoms with Crippen LogP contribution < -0.4 is 10.2 Å². The van der Waals surface area contributed by atoms with Crippen LogP contribution in [0.5, 0.6) is 0 Å². The van der Waals surface area contributed by atoms with Crippen LogP contribution in [0.1, 0.15) is 5.56 Å². The number of rotatable bonds is 3. The summed E-state index contributed by atoms with van der Waals surface area (Å²) in [6.07, 6.45) is 0. The number of hydrogen-bond acceptors (Lipinski definition) is 3. The maximum absolute atomic E-state index is 14.0. The average molecular weight is 255 g/mol. The molecule has 2 rings (SSSR count). The Balaban J connectivity index is 2.22. The van der Waals surface area contributed by atoms with E-state index < -0.39 is 11.6 Å². The smallest absolute Gasteiger partial charge is 0.149 e. The number of halogens is 2. The van der Waals surface area contributed by atoms with Crippen LogP contribution >= 0.6 is 0 Å². The van der Waals surface area contributed by atoms with Crippen LogP contribution in [0.25, 0.3) is 0 Å². The summed E-state index contributed by atoms with van der Waals surface area (Å²) in [7, 11) is 3.77. The molecular weight excluding hydrogens is 236 g/mol. The number of likely N-dealkylation sites (N-methyl/N-ethyl adjacent to an activating group) is 1. The first-order chi connectivity index (χ1) is 8.61. The van der Waals surface area contributed by atoms with E-state index in [4.69, 9.17) is 0 Å². The van der Waals surface area contributed by atoms with Crippen molar-refractivity contribution >= 4 is 5.69 Å². The molecule has 1 aromatic rings. The molecule has 1 aromatic carbocycles. The lowest BCUT2D eigenvalue weighted by Gasteiger charge is -2.34. The molecule has 0 bridgehead atoms. The maximum Gasteiger partial charge on any atom is 0.149 e. The summed E-state index contributed by atoms with van der Waals surface area (Å²) in [5.74, 6) is -0.936. The molecule has 1 fully saturated rings. The van der Waals surface area contributed by atoms with Crippen LogP contribution in [0.15, 0.2) is 12.1 Å². The van der Waals surface area contributed by atoms with E-state index in [0.717, 1.165) is 13.1 Å². The number of nitrogens with one attached hydrogen (secondary N) is 1. The van der Waals surface area contributed by atoms with Gasteiger partial charge in [0.1, 0.15) is 17.3 Å². The molecule has 3 nitrogen and oxygen atoms in total. The zero-order valence-electron chi connectivity index (χ0n) is 10.8. The van der Waals surface area contributed by atoms with Crippen LogP contribution in [0, 0.1) is 11.6 Å². The lowest BCUT2D eigenvalue weighted by molar-refractivity contribution is 0.310. The Morgan fingerprint density at radius 1 is 1.11 bits per heavy atom. The molecule has 1 N–H and O–H groups in total. The molecule has 0 aromatic heterocycles. The minimum absolute atomic E-state index is 0.114. The molecule has 100 valence electrons. The van der Waals surface area contributed by atoms with Gasteiger partial charge in [0.15, 0.2) is 0 Å². The first-order valence-electron chi connectivity index (χ1n) is 6.18. The van der Waals surface area contributed by atoms with E-state index in [9.17, 15) is 8.78 Å². The van der Waals surface area contributed by atoms with Crippen LogP contribution in [0.2, 0.25) is 0 Å². The predicted octanol–water partition coefficient (Wildman–Crippen LogP) is 1.44. The Labute approximate surface area is 106 Å². The number of nitrogens with zero attached hydrogens (tertiary/aromatic N) is 2. The van der Waals surface area contributed by atoms with Crippen molar-refractivity contribution in [3.8, 4) is 0 Å². The summed E-state index contributed by atoms with van der Waals surface area (Å²) in [4.78, 5) is 3.94. The van der Waals surface area contributed by atoms with E-state index in [1.807, 2.05) is 7.05 Å². The monoisotopic (exact) mass is 255 g/mol. The van der Waals surface area contributed by atoms with Crippen molar-refractivity contribution in [2.75, 3.05) is 45.2 Å². The Hall–Kier alpha value is -1.20. The minimum atomic E-state index is -0.468. The lowest BCUT2D eigenvalue weighted by atomic mass is 10.1. The summed E-state index contributed by atoms with van der Waals surface area (Å²) in [6.45, 7) is 3.45. The normalized spacial score (nSPS) is 17.2. The highest BCUT2D eigenvalue weighted by atomic mass is 19.1. The maximum atomic E-state index is 14.0. The second kappa shape index (κ2) is 5.63. The summed E-state index contributed by atoms with van der Waals surface area (Å²) >= 11 is 0. The van der Waals surface area contributed by atoms with Crippen molar-refractivity contribution in [2.24, 2.45) is 0 Å². The molecule has 0 unspecified atom stereocenters. The fraction of sp³-hybridized carbons (Fsp3) is 0.538. The summed E-state index contributed by atoms with van der Waals surface area (Å²) in [5, 5.41) is 2.89. The molecular formula is C13H19F2N3. The lowest BCUT2D eigenvalue weighted by Crippen LogP contribution is -2.45. The third kappa shape index (κ3) is 2.79. The topological polar surface area (TPSA) is 18.5 Å². The highest BCUT2D eigenvalue weighted by molar-refractivity contribution is 5.51. The number of benzene rings is 1. The quantitative estimate of drug-likeness (QED) is 0.881. The largest absolute Gasteiger partial charge is 0.364 e. The van der Waals surface area contributed by atoms with E-state index in [-0.39, 0.29) is 5.69 Å². The van der Waals surface area contributed by atoms with E-state index >= 15 is 0 Å². The standard InChI is InChI=1S/C13H19F2N3/c1-16-9-10-7-11(14)13(12(15)8-10)18-5-3-17(2)4-6-18/h7-8,16H,3-6,9H2,1-2H3. The number of anilines is 1. The van der Waals surface area contributed by atoms with Crippen LogP contribution in [0.4, 0.5) is 14.5 Å². The highest BCUT2D eigenvalue weighted by Gasteiger charge is 2.21. The first-order valence-corrected chi connectivity index (χ1v) is 6.18. The van der Waals surface area contributed by atoms with Crippen LogP contribution in [-0.4, -0.2) is 45.2 Å². The van der Waals surface area contributed by atoms with Gasteiger partial charge in [-0.05, 0) is 31.8 Å². The van der Waals surface area contributed by atoms with Gasteiger partial charge in [-0.25, -0.2) is 8.78 Å². The van der Waals surface area contributed by atoms with Gasteiger partial charge in [-0.2, -0.15) is 0 Å². The molecule has 1 saturated heterocycles. The molecule has 0 saturated carbocycles. The van der Waals surface area contributed by atoms with E-state index in [0.29, 0.717) is 25.2 Å². The summed E-state index contributed by atoms with van der Waals surface area (Å²) in [6, 6.07) is 2.82. The van der Waals surface area contributed by atoms with Gasteiger partial charge in [0.2, 0.25) is 0 Å². The molecule has 1 heterocycles. The SMILES string of the molecule is CNCc1cc(F)c(N2CCN(C)CC2)c(F)c1. The van der Waals surface area contributed by atoms with Crippen molar-refractivity contribution in [1.82, 2.24) is 10.2 Å². The zero-order valence-corrected chi connectivity index (χ0v) is 10.8. The van der Waals surface area contributed by atoms with Gasteiger partial charge in [-0.3, -0.25) is 0 Å². The Bertz CT molecular complexity index is 392. The molecule has 1 aliphatic heterocycles. The molecule has 0 amide bonds. The van der Waals surface area contributed by atoms with Crippen molar-refractivity contribution in [3.63, 3.8) is 0 Å². The molecule has 5 heteroatoms. The second-order valence-electron chi connectivity index (χ2n) is 4.73. The van der Waals surface area contributed by atoms with Crippen molar-refractivity contribution in [2.45, 2.75) is 6.54 Å². The van der Waals surface area contributed by atoms with Gasteiger partial charge in [0, 0.05) is 32.7 Å². The fourth-order valence-electron chi connectivity index (χ4n) is 2.26. The number of hydrogen-bond donors (Lipinski definition) is 1. The first kappa shape index (κ1) is 13.2. The van der Waals surface area contributed by atoms with E-state index in [2.05, 4.69) is 10.2 Å². The van der Waals surface area contributed by atoms with Gasteiger partial charge < -0.3 is 15.1 Å². The zero-order chi connectivity index (χ0) is 13.1. The van der Waals surface area contributed by atoms with Gasteiger partial charge in [0.25, 0.3) is 0 Å². The molecule has 0 spiro atoms. The molecule has 18 heavy (non-hydrogen) atoms. The highest BCUT2D eigenvalue weighted by Crippen LogP contribution is 2.25. The Kier molecular flexibility index (Phi) is 4.14. The third-order valence-electron chi connectivity index (χ3n) is 3.28. The fourth-order valence-corrected chi connectivity index (χ4v) is 2.26. The van der Waals surface area contributed by atoms with Gasteiger partial charge >= 0.3 is 0 Å². The third-order valence-corrected chi connectivity index (χ3v) is 3.28. The Morgan fingerprint density at radius 2 is 1.67 bits per heavy atom. The summed E-state index contributed by atoms with van der Waals surface area (Å²) < 4.78 is 28.0. The molecule has 0 atom stereocenters. The van der Waals surface area contributed by atoms with E-state index in [1.165, 1.54) is 12.1 Å². The minimum Gasteiger partial charge on any atom is -0.364 e. The second-order valence-corrected chi connectivity index (χ2v) is 4.73. The van der Waals surface area contributed by atoms with Crippen molar-refractivity contribution < 1.29 is 8.78 Å². The number of piperazine rings is 1. The molecule has 0 aliphatic carbocycles. The summed E-state index contributed by atoms with van der Waals surface area (Å²) in [5.41, 5.74) is 0.744. The molecule has 1 aliphatic rings. The molecule has 0 radical (unpaired) electrons. The Morgan fingerprint density at radius 3 is 2.17 bits per heavy atom. The van der Waals surface area contributed by atoms with Gasteiger partial charge in [0.05, 0.1) is 0 Å². The van der Waals surface area contributed by atoms with Crippen molar-refractivity contribution in [1.29, 1.82) is 0 Å². The van der Waals surface area contributed by atoms with Crippen LogP contribution in [0.3, 0.4) is 0 Å². The average Bonchev–Trinajstić information content (AvgIpc) is 2.31. The van der Waals surface area contributed by atoms with Crippen molar-refractivity contribution in [3.05, 3.63) is 29.3 Å². The van der Waals surface area contributed by atoms with Crippen LogP contribution in [-0.2, 0) is 6.54 Å². The predicted molar refractivity (Wildman–Crippen MR) is 68.8 cm³/mol. The van der Waals surface area contributed by atoms with E-state index in [1.54, 1.807) is 11.9 Å². The van der Waals surface area contributed by atoms with Gasteiger partial charge in [-0.1, -0.05) is 0 Å².